The average molecular weight is 353 g/mol. The summed E-state index contributed by atoms with van der Waals surface area (Å²) in [5.41, 5.74) is 4.45. The van der Waals surface area contributed by atoms with Crippen LogP contribution in [0.15, 0.2) is 36.4 Å². The largest absolute Gasteiger partial charge is 0.362 e. The molecule has 116 valence electrons. The highest BCUT2D eigenvalue weighted by Gasteiger charge is 2.05. The number of nitrogens with one attached hydrogen (secondary N) is 2. The van der Waals surface area contributed by atoms with Crippen molar-refractivity contribution in [2.45, 2.75) is 20.3 Å². The van der Waals surface area contributed by atoms with Crippen molar-refractivity contribution in [1.82, 2.24) is 5.32 Å². The number of anilines is 1. The predicted molar refractivity (Wildman–Crippen MR) is 100 cm³/mol. The molecule has 0 aliphatic heterocycles. The zero-order valence-corrected chi connectivity index (χ0v) is 14.9. The molecule has 0 saturated carbocycles. The Morgan fingerprint density at radius 2 is 1.77 bits per heavy atom. The van der Waals surface area contributed by atoms with E-state index in [0.29, 0.717) is 21.7 Å². The van der Waals surface area contributed by atoms with Crippen molar-refractivity contribution >= 4 is 46.2 Å². The van der Waals surface area contributed by atoms with E-state index < -0.39 is 0 Å². The SMILES string of the molecule is Cc1cccc(C)c1NC(=S)NCCc1ccc(Cl)cc1Cl. The van der Waals surface area contributed by atoms with Gasteiger partial charge in [-0.05, 0) is 61.3 Å². The van der Waals surface area contributed by atoms with Crippen LogP contribution in [-0.2, 0) is 6.42 Å². The molecule has 22 heavy (non-hydrogen) atoms. The average Bonchev–Trinajstić information content (AvgIpc) is 2.45. The van der Waals surface area contributed by atoms with Gasteiger partial charge < -0.3 is 10.6 Å². The van der Waals surface area contributed by atoms with Crippen LogP contribution in [-0.4, -0.2) is 11.7 Å². The number of halogens is 2. The molecule has 2 N–H and O–H groups in total. The first-order valence-electron chi connectivity index (χ1n) is 7.02. The van der Waals surface area contributed by atoms with Crippen LogP contribution in [0.3, 0.4) is 0 Å². The molecular weight excluding hydrogens is 335 g/mol. The lowest BCUT2D eigenvalue weighted by molar-refractivity contribution is 0.873. The zero-order valence-electron chi connectivity index (χ0n) is 12.5. The monoisotopic (exact) mass is 352 g/mol. The first-order valence-corrected chi connectivity index (χ1v) is 8.19. The fourth-order valence-electron chi connectivity index (χ4n) is 2.20. The minimum absolute atomic E-state index is 0.613. The molecule has 2 rings (SSSR count). The summed E-state index contributed by atoms with van der Waals surface area (Å²) in [4.78, 5) is 0. The highest BCUT2D eigenvalue weighted by molar-refractivity contribution is 7.80. The molecule has 2 nitrogen and oxygen atoms in total. The van der Waals surface area contributed by atoms with Crippen LogP contribution >= 0.6 is 35.4 Å². The summed E-state index contributed by atoms with van der Waals surface area (Å²) in [6.07, 6.45) is 0.782. The molecule has 0 aromatic heterocycles. The molecule has 0 bridgehead atoms. The lowest BCUT2D eigenvalue weighted by Gasteiger charge is -2.15. The maximum Gasteiger partial charge on any atom is 0.170 e. The van der Waals surface area contributed by atoms with Crippen LogP contribution < -0.4 is 10.6 Å². The van der Waals surface area contributed by atoms with E-state index in [1.807, 2.05) is 18.2 Å². The number of thiocarbonyl (C=S) groups is 1. The van der Waals surface area contributed by atoms with E-state index in [1.54, 1.807) is 6.07 Å². The summed E-state index contributed by atoms with van der Waals surface area (Å²) in [6.45, 7) is 4.83. The molecule has 2 aromatic rings. The normalized spacial score (nSPS) is 10.4. The Bertz CT molecular complexity index is 666. The number of hydrogen-bond donors (Lipinski definition) is 2. The van der Waals surface area contributed by atoms with Crippen molar-refractivity contribution in [3.05, 3.63) is 63.1 Å². The third kappa shape index (κ3) is 4.60. The second kappa shape index (κ2) is 7.82. The van der Waals surface area contributed by atoms with Gasteiger partial charge in [0.15, 0.2) is 5.11 Å². The summed E-state index contributed by atoms with van der Waals surface area (Å²) in [5, 5.41) is 8.40. The Morgan fingerprint density at radius 1 is 1.09 bits per heavy atom. The molecule has 0 fully saturated rings. The fourth-order valence-corrected chi connectivity index (χ4v) is 2.91. The van der Waals surface area contributed by atoms with Crippen LogP contribution in [0, 0.1) is 13.8 Å². The zero-order chi connectivity index (χ0) is 16.1. The third-order valence-electron chi connectivity index (χ3n) is 3.41. The second-order valence-corrected chi connectivity index (χ2v) is 6.39. The fraction of sp³-hybridized carbons (Fsp3) is 0.235. The van der Waals surface area contributed by atoms with Crippen molar-refractivity contribution < 1.29 is 0 Å². The molecule has 0 radical (unpaired) electrons. The van der Waals surface area contributed by atoms with E-state index in [9.17, 15) is 0 Å². The molecule has 0 heterocycles. The molecular formula is C17H18Cl2N2S. The molecule has 0 aliphatic rings. The minimum atomic E-state index is 0.613. The minimum Gasteiger partial charge on any atom is -0.362 e. The van der Waals surface area contributed by atoms with E-state index in [2.05, 4.69) is 36.6 Å². The van der Waals surface area contributed by atoms with Crippen molar-refractivity contribution in [2.24, 2.45) is 0 Å². The van der Waals surface area contributed by atoms with Gasteiger partial charge in [-0.1, -0.05) is 47.5 Å². The van der Waals surface area contributed by atoms with Gasteiger partial charge in [-0.3, -0.25) is 0 Å². The summed E-state index contributed by atoms with van der Waals surface area (Å²) in [6, 6.07) is 11.7. The van der Waals surface area contributed by atoms with Gasteiger partial charge in [0.05, 0.1) is 0 Å². The first-order chi connectivity index (χ1) is 10.5. The van der Waals surface area contributed by atoms with Crippen LogP contribution in [0.25, 0.3) is 0 Å². The van der Waals surface area contributed by atoms with E-state index >= 15 is 0 Å². The van der Waals surface area contributed by atoms with Gasteiger partial charge in [0, 0.05) is 22.3 Å². The van der Waals surface area contributed by atoms with Crippen LogP contribution in [0.5, 0.6) is 0 Å². The van der Waals surface area contributed by atoms with E-state index in [1.165, 1.54) is 11.1 Å². The summed E-state index contributed by atoms with van der Waals surface area (Å²) in [5.74, 6) is 0. The third-order valence-corrected chi connectivity index (χ3v) is 4.25. The Kier molecular flexibility index (Phi) is 6.07. The molecule has 5 heteroatoms. The van der Waals surface area contributed by atoms with Crippen LogP contribution in [0.2, 0.25) is 10.0 Å². The maximum atomic E-state index is 6.16. The highest BCUT2D eigenvalue weighted by atomic mass is 35.5. The van der Waals surface area contributed by atoms with Crippen molar-refractivity contribution in [3.63, 3.8) is 0 Å². The Hall–Kier alpha value is -1.29. The summed E-state index contributed by atoms with van der Waals surface area (Å²) in [7, 11) is 0. The first kappa shape index (κ1) is 17.1. The van der Waals surface area contributed by atoms with E-state index in [-0.39, 0.29) is 0 Å². The van der Waals surface area contributed by atoms with E-state index in [0.717, 1.165) is 17.7 Å². The van der Waals surface area contributed by atoms with Crippen LogP contribution in [0.1, 0.15) is 16.7 Å². The number of aryl methyl sites for hydroxylation is 2. The van der Waals surface area contributed by atoms with Gasteiger partial charge in [0.2, 0.25) is 0 Å². The molecule has 0 saturated heterocycles. The van der Waals surface area contributed by atoms with Gasteiger partial charge in [0.25, 0.3) is 0 Å². The standard InChI is InChI=1S/C17H18Cl2N2S/c1-11-4-3-5-12(2)16(11)21-17(22)20-9-8-13-6-7-14(18)10-15(13)19/h3-7,10H,8-9H2,1-2H3,(H2,20,21,22). The lowest BCUT2D eigenvalue weighted by Crippen LogP contribution is -2.30. The lowest BCUT2D eigenvalue weighted by atomic mass is 10.1. The van der Waals surface area contributed by atoms with Gasteiger partial charge in [-0.2, -0.15) is 0 Å². The highest BCUT2D eigenvalue weighted by Crippen LogP contribution is 2.21. The number of benzene rings is 2. The predicted octanol–water partition coefficient (Wildman–Crippen LogP) is 5.14. The van der Waals surface area contributed by atoms with Crippen molar-refractivity contribution in [1.29, 1.82) is 0 Å². The maximum absolute atomic E-state index is 6.16. The number of hydrogen-bond acceptors (Lipinski definition) is 1. The second-order valence-electron chi connectivity index (χ2n) is 5.13. The van der Waals surface area contributed by atoms with Crippen molar-refractivity contribution in [2.75, 3.05) is 11.9 Å². The van der Waals surface area contributed by atoms with Crippen LogP contribution in [0.4, 0.5) is 5.69 Å². The molecule has 0 spiro atoms. The Morgan fingerprint density at radius 3 is 2.41 bits per heavy atom. The van der Waals surface area contributed by atoms with Gasteiger partial charge >= 0.3 is 0 Å². The smallest absolute Gasteiger partial charge is 0.170 e. The topological polar surface area (TPSA) is 24.1 Å². The molecule has 0 amide bonds. The summed E-state index contributed by atoms with van der Waals surface area (Å²) < 4.78 is 0. The molecule has 0 atom stereocenters. The van der Waals surface area contributed by atoms with Gasteiger partial charge in [-0.15, -0.1) is 0 Å². The number of para-hydroxylation sites is 1. The number of rotatable bonds is 4. The summed E-state index contributed by atoms with van der Waals surface area (Å²) >= 11 is 17.4. The Labute approximate surface area is 146 Å². The molecule has 0 aliphatic carbocycles. The Balaban J connectivity index is 1.88. The van der Waals surface area contributed by atoms with Crippen molar-refractivity contribution in [3.8, 4) is 0 Å². The molecule has 0 unspecified atom stereocenters. The van der Waals surface area contributed by atoms with Gasteiger partial charge in [-0.25, -0.2) is 0 Å². The van der Waals surface area contributed by atoms with E-state index in [4.69, 9.17) is 35.4 Å². The molecule has 2 aromatic carbocycles. The quantitative estimate of drug-likeness (QED) is 0.745. The van der Waals surface area contributed by atoms with Gasteiger partial charge in [0.1, 0.15) is 0 Å².